The van der Waals surface area contributed by atoms with Gasteiger partial charge in [-0.3, -0.25) is 4.79 Å². The third-order valence-electron chi connectivity index (χ3n) is 4.06. The first-order valence-corrected chi connectivity index (χ1v) is 10.1. The Morgan fingerprint density at radius 2 is 2.07 bits per heavy atom. The number of hydrazone groups is 1. The number of hydrogen-bond acceptors (Lipinski definition) is 5. The number of H-pyrrole nitrogens is 1. The molecule has 27 heavy (non-hydrogen) atoms. The molecule has 7 heteroatoms. The maximum Gasteiger partial charge on any atom is 0.240 e. The van der Waals surface area contributed by atoms with E-state index in [1.54, 1.807) is 0 Å². The number of rotatable bonds is 10. The first kappa shape index (κ1) is 19.2. The van der Waals surface area contributed by atoms with Crippen molar-refractivity contribution in [3.63, 3.8) is 0 Å². The van der Waals surface area contributed by atoms with Crippen LogP contribution in [-0.2, 0) is 4.79 Å². The van der Waals surface area contributed by atoms with Gasteiger partial charge in [0, 0.05) is 6.42 Å². The molecular formula is C20H24N4O2S. The van der Waals surface area contributed by atoms with E-state index in [0.29, 0.717) is 17.3 Å². The quantitative estimate of drug-likeness (QED) is 0.289. The van der Waals surface area contributed by atoms with Gasteiger partial charge in [-0.2, -0.15) is 5.10 Å². The lowest BCUT2D eigenvalue weighted by atomic mass is 10.1. The topological polar surface area (TPSA) is 83.3 Å². The Balaban J connectivity index is 1.44. The van der Waals surface area contributed by atoms with Crippen LogP contribution in [0.1, 0.15) is 51.2 Å². The van der Waals surface area contributed by atoms with Crippen LogP contribution in [-0.4, -0.2) is 22.1 Å². The van der Waals surface area contributed by atoms with Crippen LogP contribution < -0.4 is 5.43 Å². The van der Waals surface area contributed by atoms with E-state index in [2.05, 4.69) is 27.4 Å². The van der Waals surface area contributed by atoms with Crippen molar-refractivity contribution >= 4 is 34.9 Å². The van der Waals surface area contributed by atoms with Crippen molar-refractivity contribution in [1.29, 1.82) is 0 Å². The molecule has 6 nitrogen and oxygen atoms in total. The summed E-state index contributed by atoms with van der Waals surface area (Å²) in [4.78, 5) is 19.5. The highest BCUT2D eigenvalue weighted by molar-refractivity contribution is 7.99. The molecule has 0 aliphatic rings. The van der Waals surface area contributed by atoms with Gasteiger partial charge >= 0.3 is 0 Å². The van der Waals surface area contributed by atoms with E-state index in [1.807, 2.05) is 36.4 Å². The smallest absolute Gasteiger partial charge is 0.240 e. The van der Waals surface area contributed by atoms with Gasteiger partial charge in [0.1, 0.15) is 5.76 Å². The van der Waals surface area contributed by atoms with Crippen molar-refractivity contribution in [1.82, 2.24) is 15.4 Å². The van der Waals surface area contributed by atoms with E-state index in [9.17, 15) is 4.79 Å². The van der Waals surface area contributed by atoms with Gasteiger partial charge in [0.15, 0.2) is 10.2 Å². The predicted molar refractivity (Wildman–Crippen MR) is 108 cm³/mol. The van der Waals surface area contributed by atoms with Gasteiger partial charge in [-0.25, -0.2) is 10.4 Å². The molecule has 0 saturated carbocycles. The number of carbonyl (C=O) groups excluding carboxylic acids is 1. The standard InChI is InChI=1S/C20H24N4O2S/c1-2-3-4-5-6-11-18(25)24-21-14-15-12-13-19(26-15)27-20-22-16-9-7-8-10-17(16)23-20/h7-10,12-14H,2-6,11H2,1H3,(H,22,23)(H,24,25)/b21-14-. The van der Waals surface area contributed by atoms with Gasteiger partial charge in [-0.1, -0.05) is 44.7 Å². The second kappa shape index (κ2) is 9.97. The molecule has 0 aliphatic heterocycles. The number of benzene rings is 1. The zero-order valence-electron chi connectivity index (χ0n) is 15.4. The molecule has 0 spiro atoms. The molecule has 0 aliphatic carbocycles. The third-order valence-corrected chi connectivity index (χ3v) is 4.86. The van der Waals surface area contributed by atoms with Crippen molar-refractivity contribution in [3.8, 4) is 0 Å². The molecule has 142 valence electrons. The van der Waals surface area contributed by atoms with E-state index in [4.69, 9.17) is 4.42 Å². The van der Waals surface area contributed by atoms with Crippen LogP contribution in [0.2, 0.25) is 0 Å². The second-order valence-electron chi connectivity index (χ2n) is 6.28. The van der Waals surface area contributed by atoms with Crippen molar-refractivity contribution < 1.29 is 9.21 Å². The average Bonchev–Trinajstić information content (AvgIpc) is 3.28. The van der Waals surface area contributed by atoms with Gasteiger partial charge in [0.2, 0.25) is 5.91 Å². The lowest BCUT2D eigenvalue weighted by molar-refractivity contribution is -0.121. The van der Waals surface area contributed by atoms with Crippen molar-refractivity contribution in [2.24, 2.45) is 5.10 Å². The summed E-state index contributed by atoms with van der Waals surface area (Å²) < 4.78 is 5.69. The summed E-state index contributed by atoms with van der Waals surface area (Å²) in [5, 5.41) is 5.44. The van der Waals surface area contributed by atoms with Gasteiger partial charge < -0.3 is 9.40 Å². The molecule has 0 bridgehead atoms. The Morgan fingerprint density at radius 1 is 1.22 bits per heavy atom. The number of unbranched alkanes of at least 4 members (excludes halogenated alkanes) is 4. The summed E-state index contributed by atoms with van der Waals surface area (Å²) >= 11 is 1.41. The van der Waals surface area contributed by atoms with Crippen molar-refractivity contribution in [3.05, 3.63) is 42.2 Å². The van der Waals surface area contributed by atoms with E-state index in [1.165, 1.54) is 37.2 Å². The molecule has 1 amide bonds. The molecule has 2 heterocycles. The summed E-state index contributed by atoms with van der Waals surface area (Å²) in [5.74, 6) is 0.517. The SMILES string of the molecule is CCCCCCCC(=O)N/N=C\c1ccc(Sc2nc3ccccc3[nH]2)o1. The number of amides is 1. The zero-order valence-corrected chi connectivity index (χ0v) is 16.2. The average molecular weight is 385 g/mol. The van der Waals surface area contributed by atoms with Crippen LogP contribution in [0.4, 0.5) is 0 Å². The molecule has 0 saturated heterocycles. The predicted octanol–water partition coefficient (Wildman–Crippen LogP) is 5.12. The van der Waals surface area contributed by atoms with Crippen LogP contribution in [0.3, 0.4) is 0 Å². The van der Waals surface area contributed by atoms with E-state index in [-0.39, 0.29) is 5.91 Å². The molecule has 0 unspecified atom stereocenters. The fourth-order valence-electron chi connectivity index (χ4n) is 2.64. The van der Waals surface area contributed by atoms with Crippen LogP contribution in [0.15, 0.2) is 56.2 Å². The molecule has 1 aromatic carbocycles. The molecule has 3 rings (SSSR count). The van der Waals surface area contributed by atoms with E-state index in [0.717, 1.165) is 29.0 Å². The highest BCUT2D eigenvalue weighted by atomic mass is 32.2. The highest BCUT2D eigenvalue weighted by Gasteiger charge is 2.07. The molecule has 3 aromatic rings. The molecule has 0 atom stereocenters. The minimum absolute atomic E-state index is 0.0637. The van der Waals surface area contributed by atoms with Crippen molar-refractivity contribution in [2.75, 3.05) is 0 Å². The van der Waals surface area contributed by atoms with Crippen LogP contribution >= 0.6 is 11.8 Å². The van der Waals surface area contributed by atoms with E-state index >= 15 is 0 Å². The Labute approximate surface area is 162 Å². The number of aromatic nitrogens is 2. The molecule has 2 N–H and O–H groups in total. The number of nitrogens with zero attached hydrogens (tertiary/aromatic N) is 2. The number of carbonyl (C=O) groups is 1. The lowest BCUT2D eigenvalue weighted by Crippen LogP contribution is -2.16. The number of para-hydroxylation sites is 2. The fourth-order valence-corrected chi connectivity index (χ4v) is 3.41. The van der Waals surface area contributed by atoms with Gasteiger partial charge in [-0.15, -0.1) is 0 Å². The highest BCUT2D eigenvalue weighted by Crippen LogP contribution is 2.28. The Bertz CT molecular complexity index is 867. The second-order valence-corrected chi connectivity index (χ2v) is 7.27. The lowest BCUT2D eigenvalue weighted by Gasteiger charge is -1.99. The Kier molecular flexibility index (Phi) is 7.10. The van der Waals surface area contributed by atoms with Gasteiger partial charge in [-0.05, 0) is 42.4 Å². The maximum absolute atomic E-state index is 11.7. The monoisotopic (exact) mass is 384 g/mol. The number of nitrogens with one attached hydrogen (secondary N) is 2. The van der Waals surface area contributed by atoms with E-state index < -0.39 is 0 Å². The van der Waals surface area contributed by atoms with Crippen LogP contribution in [0.25, 0.3) is 11.0 Å². The largest absolute Gasteiger partial charge is 0.448 e. The van der Waals surface area contributed by atoms with Gasteiger partial charge in [0.05, 0.1) is 17.2 Å². The summed E-state index contributed by atoms with van der Waals surface area (Å²) in [6.45, 7) is 2.18. The summed E-state index contributed by atoms with van der Waals surface area (Å²) in [7, 11) is 0. The van der Waals surface area contributed by atoms with Crippen LogP contribution in [0.5, 0.6) is 0 Å². The Hall–Kier alpha value is -2.54. The first-order valence-electron chi connectivity index (χ1n) is 9.29. The Morgan fingerprint density at radius 3 is 2.93 bits per heavy atom. The van der Waals surface area contributed by atoms with Crippen LogP contribution in [0, 0.1) is 0 Å². The third kappa shape index (κ3) is 5.99. The number of imidazole rings is 1. The molecule has 0 radical (unpaired) electrons. The number of furan rings is 1. The fraction of sp³-hybridized carbons (Fsp3) is 0.350. The molecule has 2 aromatic heterocycles. The maximum atomic E-state index is 11.7. The first-order chi connectivity index (χ1) is 13.2. The van der Waals surface area contributed by atoms with Crippen molar-refractivity contribution in [2.45, 2.75) is 55.7 Å². The molecule has 0 fully saturated rings. The minimum Gasteiger partial charge on any atom is -0.448 e. The normalized spacial score (nSPS) is 11.4. The number of aromatic amines is 1. The number of hydrogen-bond donors (Lipinski definition) is 2. The number of fused-ring (bicyclic) bond motifs is 1. The zero-order chi connectivity index (χ0) is 18.9. The summed E-state index contributed by atoms with van der Waals surface area (Å²) in [6, 6.07) is 11.5. The summed E-state index contributed by atoms with van der Waals surface area (Å²) in [6.07, 6.45) is 7.63. The molecular weight excluding hydrogens is 360 g/mol. The minimum atomic E-state index is -0.0637. The van der Waals surface area contributed by atoms with Gasteiger partial charge in [0.25, 0.3) is 0 Å². The summed E-state index contributed by atoms with van der Waals surface area (Å²) in [5.41, 5.74) is 4.46.